The van der Waals surface area contributed by atoms with Crippen molar-refractivity contribution >= 4 is 23.1 Å². The van der Waals surface area contributed by atoms with Crippen molar-refractivity contribution in [1.82, 2.24) is 10.2 Å². The van der Waals surface area contributed by atoms with Crippen LogP contribution >= 0.6 is 11.6 Å². The lowest BCUT2D eigenvalue weighted by atomic mass is 9.49. The molecule has 0 aliphatic heterocycles. The third-order valence-electron chi connectivity index (χ3n) is 3.85. The summed E-state index contributed by atoms with van der Waals surface area (Å²) in [5.74, 6) is 1.41. The fraction of sp³-hybridized carbons (Fsp3) is 0.600. The number of rotatable bonds is 2. The van der Waals surface area contributed by atoms with Gasteiger partial charge in [-0.3, -0.25) is 0 Å². The summed E-state index contributed by atoms with van der Waals surface area (Å²) >= 11 is 5.83. The molecule has 80 valence electrons. The average Bonchev–Trinajstić information content (AvgIpc) is 2.03. The van der Waals surface area contributed by atoms with E-state index in [1.807, 2.05) is 0 Å². The lowest BCUT2D eigenvalue weighted by Gasteiger charge is -2.66. The van der Waals surface area contributed by atoms with E-state index < -0.39 is 0 Å². The van der Waals surface area contributed by atoms with Gasteiger partial charge in [-0.25, -0.2) is 0 Å². The Hall–Kier alpha value is -1.03. The van der Waals surface area contributed by atoms with Gasteiger partial charge >= 0.3 is 0 Å². The molecule has 2 bridgehead atoms. The summed E-state index contributed by atoms with van der Waals surface area (Å²) in [4.78, 5) is 2.23. The summed E-state index contributed by atoms with van der Waals surface area (Å²) in [6, 6.07) is 1.80. The minimum atomic E-state index is 0.338. The average molecular weight is 225 g/mol. The number of nitrogens with two attached hydrogens (primary N) is 1. The van der Waals surface area contributed by atoms with Crippen molar-refractivity contribution in [3.8, 4) is 0 Å². The van der Waals surface area contributed by atoms with Crippen LogP contribution in [0.25, 0.3) is 0 Å². The van der Waals surface area contributed by atoms with Gasteiger partial charge in [-0.2, -0.15) is 0 Å². The highest BCUT2D eigenvalue weighted by Crippen LogP contribution is 2.61. The van der Waals surface area contributed by atoms with E-state index in [9.17, 15) is 0 Å². The largest absolute Gasteiger partial charge is 0.380 e. The lowest BCUT2D eigenvalue weighted by Crippen LogP contribution is -2.67. The fourth-order valence-corrected chi connectivity index (χ4v) is 2.88. The molecule has 0 aromatic carbocycles. The van der Waals surface area contributed by atoms with Crippen LogP contribution < -0.4 is 10.6 Å². The Kier molecular flexibility index (Phi) is 1.69. The van der Waals surface area contributed by atoms with Crippen LogP contribution in [0, 0.1) is 5.92 Å². The minimum absolute atomic E-state index is 0.338. The van der Waals surface area contributed by atoms with E-state index in [4.69, 9.17) is 17.3 Å². The number of nitrogen functional groups attached to an aromatic ring is 1. The summed E-state index contributed by atoms with van der Waals surface area (Å²) in [6.45, 7) is 0. The molecule has 0 saturated heterocycles. The molecule has 1 aromatic heterocycles. The molecule has 4 nitrogen and oxygen atoms in total. The third-order valence-corrected chi connectivity index (χ3v) is 4.04. The zero-order chi connectivity index (χ0) is 10.6. The van der Waals surface area contributed by atoms with E-state index in [1.165, 1.54) is 19.3 Å². The van der Waals surface area contributed by atoms with Crippen LogP contribution in [0.2, 0.25) is 5.15 Å². The predicted molar refractivity (Wildman–Crippen MR) is 59.9 cm³/mol. The SMILES string of the molecule is CN(c1cc(Cl)nnc1N)C12CC(C1)C2. The first-order valence-corrected chi connectivity index (χ1v) is 5.51. The van der Waals surface area contributed by atoms with Gasteiger partial charge in [-0.1, -0.05) is 11.6 Å². The smallest absolute Gasteiger partial charge is 0.169 e. The Balaban J connectivity index is 1.94. The van der Waals surface area contributed by atoms with Crippen LogP contribution in [0.5, 0.6) is 0 Å². The summed E-state index contributed by atoms with van der Waals surface area (Å²) < 4.78 is 0. The van der Waals surface area contributed by atoms with Crippen molar-refractivity contribution in [2.45, 2.75) is 24.8 Å². The van der Waals surface area contributed by atoms with Gasteiger partial charge in [-0.05, 0) is 25.2 Å². The predicted octanol–water partition coefficient (Wildman–Crippen LogP) is 1.70. The highest BCUT2D eigenvalue weighted by molar-refractivity contribution is 6.29. The van der Waals surface area contributed by atoms with Gasteiger partial charge in [0.05, 0.1) is 5.69 Å². The molecule has 4 rings (SSSR count). The van der Waals surface area contributed by atoms with Gasteiger partial charge in [0.1, 0.15) is 0 Å². The molecule has 0 spiro atoms. The van der Waals surface area contributed by atoms with Crippen LogP contribution in [-0.4, -0.2) is 22.8 Å². The Bertz CT molecular complexity index is 403. The normalized spacial score (nSPS) is 31.7. The van der Waals surface area contributed by atoms with Crippen molar-refractivity contribution in [3.05, 3.63) is 11.2 Å². The molecule has 3 aliphatic carbocycles. The molecule has 15 heavy (non-hydrogen) atoms. The number of aromatic nitrogens is 2. The topological polar surface area (TPSA) is 55.0 Å². The number of halogens is 1. The molecular weight excluding hydrogens is 212 g/mol. The molecule has 0 amide bonds. The van der Waals surface area contributed by atoms with Gasteiger partial charge in [0.15, 0.2) is 11.0 Å². The second-order valence-corrected chi connectivity index (χ2v) is 5.09. The number of hydrogen-bond acceptors (Lipinski definition) is 4. The lowest BCUT2D eigenvalue weighted by molar-refractivity contribution is -0.0209. The van der Waals surface area contributed by atoms with Gasteiger partial charge in [-0.15, -0.1) is 10.2 Å². The molecule has 0 unspecified atom stereocenters. The molecule has 2 N–H and O–H groups in total. The first kappa shape index (κ1) is 9.21. The van der Waals surface area contributed by atoms with Crippen molar-refractivity contribution < 1.29 is 0 Å². The maximum absolute atomic E-state index is 5.83. The molecule has 1 heterocycles. The number of nitrogens with zero attached hydrogens (tertiary/aromatic N) is 3. The quantitative estimate of drug-likeness (QED) is 0.831. The molecule has 1 aromatic rings. The molecule has 3 aliphatic rings. The molecule has 0 radical (unpaired) electrons. The van der Waals surface area contributed by atoms with E-state index in [2.05, 4.69) is 22.1 Å². The van der Waals surface area contributed by atoms with Crippen molar-refractivity contribution in [2.24, 2.45) is 5.92 Å². The van der Waals surface area contributed by atoms with E-state index in [-0.39, 0.29) is 0 Å². The van der Waals surface area contributed by atoms with Crippen molar-refractivity contribution in [3.63, 3.8) is 0 Å². The zero-order valence-corrected chi connectivity index (χ0v) is 9.33. The van der Waals surface area contributed by atoms with Crippen molar-refractivity contribution in [2.75, 3.05) is 17.7 Å². The van der Waals surface area contributed by atoms with E-state index in [0.29, 0.717) is 16.5 Å². The second kappa shape index (κ2) is 2.76. The molecule has 3 saturated carbocycles. The monoisotopic (exact) mass is 224 g/mol. The molecular formula is C10H13ClN4. The minimum Gasteiger partial charge on any atom is -0.380 e. The number of anilines is 2. The molecule has 5 heteroatoms. The van der Waals surface area contributed by atoms with Crippen molar-refractivity contribution in [1.29, 1.82) is 0 Å². The Morgan fingerprint density at radius 3 is 2.67 bits per heavy atom. The molecule has 3 fully saturated rings. The highest BCUT2D eigenvalue weighted by Gasteiger charge is 2.59. The van der Waals surface area contributed by atoms with Crippen LogP contribution in [-0.2, 0) is 0 Å². The van der Waals surface area contributed by atoms with E-state index in [1.54, 1.807) is 6.07 Å². The summed E-state index contributed by atoms with van der Waals surface area (Å²) in [5.41, 5.74) is 7.06. The molecule has 0 atom stereocenters. The van der Waals surface area contributed by atoms with Crippen LogP contribution in [0.4, 0.5) is 11.5 Å². The second-order valence-electron chi connectivity index (χ2n) is 4.70. The van der Waals surface area contributed by atoms with E-state index in [0.717, 1.165) is 11.6 Å². The summed E-state index contributed by atoms with van der Waals surface area (Å²) in [5, 5.41) is 7.97. The standard InChI is InChI=1S/C10H13ClN4/c1-15(10-3-6(4-10)5-10)7-2-8(11)13-14-9(7)12/h2,6H,3-5H2,1H3,(H2,12,14). The maximum atomic E-state index is 5.83. The van der Waals surface area contributed by atoms with Crippen LogP contribution in [0.15, 0.2) is 6.07 Å². The van der Waals surface area contributed by atoms with Gasteiger partial charge in [0.2, 0.25) is 0 Å². The Morgan fingerprint density at radius 2 is 2.13 bits per heavy atom. The Morgan fingerprint density at radius 1 is 1.47 bits per heavy atom. The zero-order valence-electron chi connectivity index (χ0n) is 8.57. The summed E-state index contributed by atoms with van der Waals surface area (Å²) in [7, 11) is 2.07. The first-order valence-electron chi connectivity index (χ1n) is 5.13. The summed E-state index contributed by atoms with van der Waals surface area (Å²) in [6.07, 6.45) is 3.84. The third kappa shape index (κ3) is 1.14. The van der Waals surface area contributed by atoms with Crippen LogP contribution in [0.1, 0.15) is 19.3 Å². The van der Waals surface area contributed by atoms with Gasteiger partial charge in [0, 0.05) is 18.7 Å². The maximum Gasteiger partial charge on any atom is 0.169 e. The van der Waals surface area contributed by atoms with Crippen LogP contribution in [0.3, 0.4) is 0 Å². The van der Waals surface area contributed by atoms with E-state index >= 15 is 0 Å². The van der Waals surface area contributed by atoms with Gasteiger partial charge < -0.3 is 10.6 Å². The van der Waals surface area contributed by atoms with Gasteiger partial charge in [0.25, 0.3) is 0 Å². The Labute approximate surface area is 93.4 Å². The fourth-order valence-electron chi connectivity index (χ4n) is 2.74. The first-order chi connectivity index (χ1) is 7.11. The number of hydrogen-bond donors (Lipinski definition) is 1. The highest BCUT2D eigenvalue weighted by atomic mass is 35.5.